The van der Waals surface area contributed by atoms with Crippen LogP contribution in [0.4, 0.5) is 0 Å². The Morgan fingerprint density at radius 2 is 1.52 bits per heavy atom. The standard InChI is InChI=1S/C39H53N9O13S/c1-4-17(2)31-36(59)41-12-28(52)42-25-16-62-38-21(20-7-5-6-8-22(20)45-38)10-23(33(56)40-13-29(53)46-31)43-37(60)32(18(3)27(51)15-49)47-35(58)26-9-19(50)14-48(26)39(61)24(11-30(54)55)44-34(25)57/h5-8,17-19,23-27,31-32,45,49-51H,4,9-16H2,1-3H3,(H,40,56)(H,41,59)(H,42,52)(H,43,60)(H,44,57)(H,46,53)(H,47,58)(H,54,55)/t17-,18-,19+,23?,24-,25?,26-,27-,31-,32-/m0/s1. The third-order valence-corrected chi connectivity index (χ3v) is 12.4. The molecule has 2 bridgehead atoms. The third kappa shape index (κ3) is 11.4. The van der Waals surface area contributed by atoms with Gasteiger partial charge in [-0.05, 0) is 17.5 Å². The fourth-order valence-electron chi connectivity index (χ4n) is 7.49. The van der Waals surface area contributed by atoms with E-state index < -0.39 is 146 Å². The number of benzene rings is 1. The highest BCUT2D eigenvalue weighted by molar-refractivity contribution is 7.99. The van der Waals surface area contributed by atoms with Gasteiger partial charge in [0, 0.05) is 42.0 Å². The number of aliphatic hydroxyl groups excluding tert-OH is 3. The highest BCUT2D eigenvalue weighted by atomic mass is 32.2. The summed E-state index contributed by atoms with van der Waals surface area (Å²) < 4.78 is 0. The number of aromatic nitrogens is 1. The van der Waals surface area contributed by atoms with E-state index in [4.69, 9.17) is 0 Å². The van der Waals surface area contributed by atoms with E-state index >= 15 is 0 Å². The molecular formula is C39H53N9O13S. The van der Waals surface area contributed by atoms with Gasteiger partial charge in [-0.25, -0.2) is 0 Å². The van der Waals surface area contributed by atoms with Crippen molar-refractivity contribution in [1.82, 2.24) is 47.1 Å². The van der Waals surface area contributed by atoms with Gasteiger partial charge in [0.25, 0.3) is 0 Å². The highest BCUT2D eigenvalue weighted by Crippen LogP contribution is 2.32. The first kappa shape index (κ1) is 47.3. The number of hydrogen-bond donors (Lipinski definition) is 12. The molecule has 1 saturated heterocycles. The normalized spacial score (nSPS) is 27.8. The van der Waals surface area contributed by atoms with E-state index in [9.17, 15) is 63.6 Å². The first-order valence-electron chi connectivity index (χ1n) is 20.2. The molecule has 0 spiro atoms. The van der Waals surface area contributed by atoms with Crippen LogP contribution in [0.3, 0.4) is 0 Å². The molecule has 1 fully saturated rings. The minimum absolute atomic E-state index is 0.276. The molecule has 3 aliphatic rings. The molecule has 0 aliphatic carbocycles. The molecule has 0 radical (unpaired) electrons. The number of carbonyl (C=O) groups excluding carboxylic acids is 8. The van der Waals surface area contributed by atoms with E-state index in [1.807, 2.05) is 0 Å². The van der Waals surface area contributed by atoms with E-state index in [-0.39, 0.29) is 18.6 Å². The fraction of sp³-hybridized carbons (Fsp3) is 0.564. The zero-order chi connectivity index (χ0) is 45.4. The quantitative estimate of drug-likeness (QED) is 0.126. The number of nitrogens with one attached hydrogen (secondary N) is 8. The summed E-state index contributed by atoms with van der Waals surface area (Å²) in [5.74, 6) is -11.0. The van der Waals surface area contributed by atoms with Gasteiger partial charge in [-0.2, -0.15) is 0 Å². The summed E-state index contributed by atoms with van der Waals surface area (Å²) in [4.78, 5) is 127. The van der Waals surface area contributed by atoms with Crippen molar-refractivity contribution in [2.75, 3.05) is 32.0 Å². The Bertz CT molecular complexity index is 2070. The molecule has 23 heteroatoms. The molecule has 3 aliphatic heterocycles. The molecule has 22 nitrogen and oxygen atoms in total. The Morgan fingerprint density at radius 1 is 0.839 bits per heavy atom. The van der Waals surface area contributed by atoms with Crippen molar-refractivity contribution in [3.05, 3.63) is 29.8 Å². The lowest BCUT2D eigenvalue weighted by atomic mass is 9.93. The molecule has 4 heterocycles. The molecule has 5 rings (SSSR count). The Kier molecular flexibility index (Phi) is 15.9. The molecule has 12 N–H and O–H groups in total. The van der Waals surface area contributed by atoms with E-state index in [1.165, 1.54) is 6.92 Å². The van der Waals surface area contributed by atoms with Gasteiger partial charge in [-0.15, -0.1) is 11.8 Å². The Morgan fingerprint density at radius 3 is 2.19 bits per heavy atom. The lowest BCUT2D eigenvalue weighted by Gasteiger charge is -2.32. The number of thioether (sulfide) groups is 1. The summed E-state index contributed by atoms with van der Waals surface area (Å²) in [5, 5.41) is 59.5. The summed E-state index contributed by atoms with van der Waals surface area (Å²) in [6, 6.07) is -2.39. The van der Waals surface area contributed by atoms with Crippen LogP contribution in [0.2, 0.25) is 0 Å². The number of aliphatic hydroxyl groups is 3. The van der Waals surface area contributed by atoms with Crippen LogP contribution in [0.15, 0.2) is 29.3 Å². The Hall–Kier alpha value is -5.78. The van der Waals surface area contributed by atoms with Crippen LogP contribution in [-0.4, -0.2) is 164 Å². The van der Waals surface area contributed by atoms with Crippen molar-refractivity contribution >= 4 is 75.9 Å². The van der Waals surface area contributed by atoms with E-state index in [1.54, 1.807) is 38.1 Å². The topological polar surface area (TPSA) is 338 Å². The fourth-order valence-corrected chi connectivity index (χ4v) is 8.61. The average Bonchev–Trinajstić information content (AvgIpc) is 3.81. The molecular weight excluding hydrogens is 835 g/mol. The molecule has 8 amide bonds. The predicted octanol–water partition coefficient (Wildman–Crippen LogP) is -4.04. The number of rotatable bonds is 7. The maximum absolute atomic E-state index is 14.4. The predicted molar refractivity (Wildman–Crippen MR) is 218 cm³/mol. The summed E-state index contributed by atoms with van der Waals surface area (Å²) in [5.41, 5.74) is 1.00. The van der Waals surface area contributed by atoms with Crippen LogP contribution in [-0.2, 0) is 49.6 Å². The van der Waals surface area contributed by atoms with Gasteiger partial charge in [-0.1, -0.05) is 45.4 Å². The molecule has 10 atom stereocenters. The second-order valence-corrected chi connectivity index (χ2v) is 16.7. The maximum atomic E-state index is 14.4. The second kappa shape index (κ2) is 20.9. The first-order chi connectivity index (χ1) is 29.4. The van der Waals surface area contributed by atoms with Crippen LogP contribution in [0.25, 0.3) is 10.9 Å². The number of carboxylic acid groups (broad SMARTS) is 1. The van der Waals surface area contributed by atoms with Gasteiger partial charge in [0.15, 0.2) is 0 Å². The van der Waals surface area contributed by atoms with E-state index in [2.05, 4.69) is 42.2 Å². The number of H-pyrrole nitrogens is 1. The summed E-state index contributed by atoms with van der Waals surface area (Å²) in [7, 11) is 0. The van der Waals surface area contributed by atoms with Crippen molar-refractivity contribution in [3.63, 3.8) is 0 Å². The number of aliphatic carboxylic acids is 1. The number of amides is 8. The zero-order valence-electron chi connectivity index (χ0n) is 34.3. The minimum Gasteiger partial charge on any atom is -0.481 e. The molecule has 2 unspecified atom stereocenters. The molecule has 2 aromatic rings. The van der Waals surface area contributed by atoms with Gasteiger partial charge in [-0.3, -0.25) is 43.2 Å². The van der Waals surface area contributed by atoms with Crippen molar-refractivity contribution in [3.8, 4) is 0 Å². The van der Waals surface area contributed by atoms with Crippen molar-refractivity contribution in [2.45, 2.75) is 99.9 Å². The van der Waals surface area contributed by atoms with Gasteiger partial charge >= 0.3 is 5.97 Å². The highest BCUT2D eigenvalue weighted by Gasteiger charge is 2.45. The molecule has 62 heavy (non-hydrogen) atoms. The molecule has 0 saturated carbocycles. The Labute approximate surface area is 359 Å². The second-order valence-electron chi connectivity index (χ2n) is 15.7. The minimum atomic E-state index is -1.84. The number of carbonyl (C=O) groups is 9. The average molecular weight is 888 g/mol. The smallest absolute Gasteiger partial charge is 0.305 e. The molecule has 338 valence electrons. The monoisotopic (exact) mass is 887 g/mol. The van der Waals surface area contributed by atoms with E-state index in [0.29, 0.717) is 27.9 Å². The lowest BCUT2D eigenvalue weighted by molar-refractivity contribution is -0.146. The van der Waals surface area contributed by atoms with Crippen LogP contribution < -0.4 is 37.2 Å². The SMILES string of the molecule is CC[C@H](C)[C@@H]1NC(=O)CNC(=O)C2Cc3c([nH]c4ccccc34)SCC(NC(=O)CNC1=O)C(=O)N[C@@H](CC(=O)O)C(=O)N1C[C@H](O)C[C@H]1C(=O)N[C@@H]([C@@H](C)[C@@H](O)CO)C(=O)N2. The number of aromatic amines is 1. The number of fused-ring (bicyclic) bond motifs is 5. The van der Waals surface area contributed by atoms with Crippen molar-refractivity contribution in [1.29, 1.82) is 0 Å². The van der Waals surface area contributed by atoms with Crippen molar-refractivity contribution in [2.24, 2.45) is 11.8 Å². The number of carboxylic acids is 1. The Balaban J connectivity index is 1.69. The summed E-state index contributed by atoms with van der Waals surface area (Å²) in [6.07, 6.45) is -4.15. The van der Waals surface area contributed by atoms with E-state index in [0.717, 1.165) is 16.7 Å². The summed E-state index contributed by atoms with van der Waals surface area (Å²) in [6.45, 7) is 2.12. The van der Waals surface area contributed by atoms with Crippen LogP contribution in [0.5, 0.6) is 0 Å². The molecule has 1 aromatic heterocycles. The van der Waals surface area contributed by atoms with Gasteiger partial charge in [0.2, 0.25) is 47.3 Å². The lowest BCUT2D eigenvalue weighted by Crippen LogP contribution is -2.62. The molecule has 1 aromatic carbocycles. The maximum Gasteiger partial charge on any atom is 0.305 e. The van der Waals surface area contributed by atoms with Crippen LogP contribution in [0, 0.1) is 11.8 Å². The zero-order valence-corrected chi connectivity index (χ0v) is 35.1. The number of hydrogen-bond acceptors (Lipinski definition) is 13. The van der Waals surface area contributed by atoms with Crippen LogP contribution in [0.1, 0.15) is 45.6 Å². The van der Waals surface area contributed by atoms with Gasteiger partial charge < -0.3 is 67.5 Å². The summed E-state index contributed by atoms with van der Waals surface area (Å²) >= 11 is 1.00. The van der Waals surface area contributed by atoms with Crippen molar-refractivity contribution < 1.29 is 63.6 Å². The van der Waals surface area contributed by atoms with Crippen LogP contribution >= 0.6 is 11.8 Å². The number of para-hydroxylation sites is 1. The third-order valence-electron chi connectivity index (χ3n) is 11.3. The van der Waals surface area contributed by atoms with Gasteiger partial charge in [0.05, 0.1) is 43.4 Å². The number of nitrogens with zero attached hydrogens (tertiary/aromatic N) is 1. The first-order valence-corrected chi connectivity index (χ1v) is 21.2. The largest absolute Gasteiger partial charge is 0.481 e. The van der Waals surface area contributed by atoms with Gasteiger partial charge in [0.1, 0.15) is 36.3 Å².